The summed E-state index contributed by atoms with van der Waals surface area (Å²) >= 11 is 6.59. The average molecular weight is 480 g/mol. The van der Waals surface area contributed by atoms with E-state index in [9.17, 15) is 24.6 Å². The number of hydrogen-bond donors (Lipinski definition) is 2. The zero-order valence-corrected chi connectivity index (χ0v) is 19.1. The summed E-state index contributed by atoms with van der Waals surface area (Å²) in [6.45, 7) is 3.89. The van der Waals surface area contributed by atoms with Gasteiger partial charge in [-0.2, -0.15) is 0 Å². The van der Waals surface area contributed by atoms with Gasteiger partial charge in [-0.1, -0.05) is 41.7 Å². The monoisotopic (exact) mass is 479 g/mol. The number of carbonyl (C=O) groups excluding carboxylic acids is 1. The van der Waals surface area contributed by atoms with E-state index in [2.05, 4.69) is 0 Å². The van der Waals surface area contributed by atoms with Crippen molar-refractivity contribution < 1.29 is 29.0 Å². The van der Waals surface area contributed by atoms with Crippen molar-refractivity contribution in [1.82, 2.24) is 0 Å². The summed E-state index contributed by atoms with van der Waals surface area (Å²) < 4.78 is 6.18. The number of nitrogens with zero attached hydrogens (tertiary/aromatic N) is 1. The maximum atomic E-state index is 13.1. The van der Waals surface area contributed by atoms with Gasteiger partial charge in [-0.3, -0.25) is 9.69 Å². The third-order valence-electron chi connectivity index (χ3n) is 5.00. The molecule has 1 saturated heterocycles. The second-order valence-corrected chi connectivity index (χ2v) is 9.09. The Balaban J connectivity index is 1.66. The molecule has 0 radical (unpaired) electrons. The van der Waals surface area contributed by atoms with Crippen LogP contribution in [-0.4, -0.2) is 32.4 Å². The predicted molar refractivity (Wildman–Crippen MR) is 130 cm³/mol. The van der Waals surface area contributed by atoms with E-state index in [0.717, 1.165) is 34.6 Å². The third kappa shape index (κ3) is 4.46. The van der Waals surface area contributed by atoms with E-state index in [4.69, 9.17) is 16.6 Å². The Morgan fingerprint density at radius 3 is 2.27 bits per heavy atom. The van der Waals surface area contributed by atoms with Crippen LogP contribution in [0.25, 0.3) is 17.4 Å². The first-order chi connectivity index (χ1) is 15.6. The first kappa shape index (κ1) is 22.5. The number of aryl methyl sites for hydroxylation is 2. The zero-order valence-electron chi connectivity index (χ0n) is 17.5. The van der Waals surface area contributed by atoms with E-state index >= 15 is 0 Å². The molecule has 33 heavy (non-hydrogen) atoms. The maximum absolute atomic E-state index is 13.1. The van der Waals surface area contributed by atoms with Gasteiger partial charge in [0, 0.05) is 11.6 Å². The summed E-state index contributed by atoms with van der Waals surface area (Å²) in [4.78, 5) is 37.6. The Bertz CT molecular complexity index is 1340. The van der Waals surface area contributed by atoms with Gasteiger partial charge in [0.1, 0.15) is 11.5 Å². The molecule has 2 N–H and O–H groups in total. The number of furan rings is 1. The predicted octanol–water partition coefficient (Wildman–Crippen LogP) is 5.37. The minimum atomic E-state index is -1.25. The second kappa shape index (κ2) is 8.68. The fourth-order valence-electron chi connectivity index (χ4n) is 3.46. The molecule has 1 amide bonds. The molecule has 1 fully saturated rings. The zero-order chi connectivity index (χ0) is 23.9. The molecule has 0 spiro atoms. The normalized spacial score (nSPS) is 14.8. The first-order valence-corrected chi connectivity index (χ1v) is 10.9. The van der Waals surface area contributed by atoms with Crippen LogP contribution in [0, 0.1) is 13.8 Å². The highest BCUT2D eigenvalue weighted by Crippen LogP contribution is 2.38. The molecule has 0 atom stereocenters. The maximum Gasteiger partial charge on any atom is 0.335 e. The van der Waals surface area contributed by atoms with E-state index < -0.39 is 11.9 Å². The second-order valence-electron chi connectivity index (χ2n) is 7.42. The molecular weight excluding hydrogens is 462 g/mol. The lowest BCUT2D eigenvalue weighted by molar-refractivity contribution is -0.113. The van der Waals surface area contributed by atoms with Crippen LogP contribution >= 0.6 is 24.0 Å². The molecule has 7 nitrogen and oxygen atoms in total. The Labute approximate surface area is 198 Å². The molecule has 1 aliphatic heterocycles. The number of aromatic carboxylic acids is 2. The molecule has 4 rings (SSSR count). The minimum absolute atomic E-state index is 0.169. The molecule has 3 aromatic rings. The van der Waals surface area contributed by atoms with Crippen LogP contribution in [0.1, 0.15) is 37.6 Å². The number of benzene rings is 2. The summed E-state index contributed by atoms with van der Waals surface area (Å²) in [6.07, 6.45) is 1.56. The van der Waals surface area contributed by atoms with Crippen LogP contribution in [0.4, 0.5) is 5.69 Å². The fourth-order valence-corrected chi connectivity index (χ4v) is 4.73. The molecule has 0 aliphatic carbocycles. The van der Waals surface area contributed by atoms with Crippen molar-refractivity contribution in [3.05, 3.63) is 81.5 Å². The Kier molecular flexibility index (Phi) is 5.92. The lowest BCUT2D eigenvalue weighted by Crippen LogP contribution is -2.28. The van der Waals surface area contributed by atoms with Crippen LogP contribution in [0.2, 0.25) is 0 Å². The lowest BCUT2D eigenvalue weighted by Gasteiger charge is -2.17. The summed E-state index contributed by atoms with van der Waals surface area (Å²) in [7, 11) is 0. The Hall–Kier alpha value is -3.69. The molecule has 0 bridgehead atoms. The summed E-state index contributed by atoms with van der Waals surface area (Å²) in [6, 6.07) is 12.7. The van der Waals surface area contributed by atoms with Crippen molar-refractivity contribution in [3.63, 3.8) is 0 Å². The number of amides is 1. The number of anilines is 1. The average Bonchev–Trinajstić information content (AvgIpc) is 3.33. The van der Waals surface area contributed by atoms with Crippen molar-refractivity contribution in [2.24, 2.45) is 0 Å². The third-order valence-corrected chi connectivity index (χ3v) is 6.30. The van der Waals surface area contributed by atoms with Crippen molar-refractivity contribution in [2.75, 3.05) is 4.90 Å². The van der Waals surface area contributed by atoms with Crippen LogP contribution in [0.5, 0.6) is 0 Å². The van der Waals surface area contributed by atoms with Crippen LogP contribution < -0.4 is 4.90 Å². The summed E-state index contributed by atoms with van der Waals surface area (Å²) in [5.74, 6) is -2.14. The summed E-state index contributed by atoms with van der Waals surface area (Å²) in [5, 5.41) is 18.5. The molecule has 1 aromatic heterocycles. The van der Waals surface area contributed by atoms with Gasteiger partial charge < -0.3 is 14.6 Å². The highest BCUT2D eigenvalue weighted by Gasteiger charge is 2.34. The topological polar surface area (TPSA) is 108 Å². The van der Waals surface area contributed by atoms with Gasteiger partial charge in [-0.15, -0.1) is 0 Å². The van der Waals surface area contributed by atoms with Gasteiger partial charge in [0.15, 0.2) is 4.32 Å². The molecule has 0 saturated carbocycles. The quantitative estimate of drug-likeness (QED) is 0.372. The highest BCUT2D eigenvalue weighted by molar-refractivity contribution is 8.27. The van der Waals surface area contributed by atoms with Gasteiger partial charge in [-0.05, 0) is 55.8 Å². The number of carboxylic acids is 2. The minimum Gasteiger partial charge on any atom is -0.478 e. The van der Waals surface area contributed by atoms with Gasteiger partial charge >= 0.3 is 11.9 Å². The van der Waals surface area contributed by atoms with Crippen LogP contribution in [0.3, 0.4) is 0 Å². The summed E-state index contributed by atoms with van der Waals surface area (Å²) in [5.41, 5.74) is 2.70. The molecule has 166 valence electrons. The van der Waals surface area contributed by atoms with E-state index in [1.807, 2.05) is 32.0 Å². The van der Waals surface area contributed by atoms with Crippen LogP contribution in [0.15, 0.2) is 57.9 Å². The smallest absolute Gasteiger partial charge is 0.335 e. The van der Waals surface area contributed by atoms with Gasteiger partial charge in [0.2, 0.25) is 0 Å². The van der Waals surface area contributed by atoms with Crippen molar-refractivity contribution in [3.8, 4) is 11.3 Å². The number of hydrogen-bond acceptors (Lipinski definition) is 6. The van der Waals surface area contributed by atoms with Crippen molar-refractivity contribution in [2.45, 2.75) is 13.8 Å². The first-order valence-electron chi connectivity index (χ1n) is 9.71. The number of rotatable bonds is 5. The van der Waals surface area contributed by atoms with Gasteiger partial charge in [-0.25, -0.2) is 9.59 Å². The largest absolute Gasteiger partial charge is 0.478 e. The number of carboxylic acid groups (broad SMARTS) is 2. The van der Waals surface area contributed by atoms with E-state index in [0.29, 0.717) is 20.5 Å². The molecule has 2 heterocycles. The van der Waals surface area contributed by atoms with Crippen LogP contribution in [-0.2, 0) is 4.79 Å². The molecular formula is C24H17NO6S2. The van der Waals surface area contributed by atoms with E-state index in [1.165, 1.54) is 17.0 Å². The van der Waals surface area contributed by atoms with Gasteiger partial charge in [0.05, 0.1) is 21.7 Å². The highest BCUT2D eigenvalue weighted by atomic mass is 32.2. The molecule has 9 heteroatoms. The molecule has 1 aliphatic rings. The SMILES string of the molecule is Cc1ccc(N2C(=O)/C(=C/c3ccc(-c4cc(C(=O)O)cc(C(=O)O)c4)o3)SC2=S)c(C)c1. The van der Waals surface area contributed by atoms with Crippen molar-refractivity contribution >= 4 is 57.9 Å². The number of thioether (sulfide) groups is 1. The Morgan fingerprint density at radius 2 is 1.67 bits per heavy atom. The lowest BCUT2D eigenvalue weighted by atomic mass is 10.0. The van der Waals surface area contributed by atoms with Gasteiger partial charge in [0.25, 0.3) is 5.91 Å². The van der Waals surface area contributed by atoms with E-state index in [1.54, 1.807) is 18.2 Å². The Morgan fingerprint density at radius 1 is 1.00 bits per heavy atom. The number of carbonyl (C=O) groups is 3. The molecule has 0 unspecified atom stereocenters. The standard InChI is InChI=1S/C24H17NO6S2/c1-12-3-5-18(13(2)7-12)25-21(26)20(33-24(25)32)11-17-4-6-19(31-17)14-8-15(22(27)28)10-16(9-14)23(29)30/h3-11H,1-2H3,(H,27,28)(H,29,30)/b20-11-. The molecule has 2 aromatic carbocycles. The number of thiocarbonyl (C=S) groups is 1. The fraction of sp³-hybridized carbons (Fsp3) is 0.0833. The van der Waals surface area contributed by atoms with E-state index in [-0.39, 0.29) is 22.8 Å². The van der Waals surface area contributed by atoms with Crippen molar-refractivity contribution in [1.29, 1.82) is 0 Å².